The highest BCUT2D eigenvalue weighted by Crippen LogP contribution is 2.28. The Hall–Kier alpha value is -0.0800. The first kappa shape index (κ1) is 9.01. The lowest BCUT2D eigenvalue weighted by Gasteiger charge is -2.20. The Labute approximate surface area is 68.6 Å². The maximum absolute atomic E-state index is 8.99. The van der Waals surface area contributed by atoms with Crippen LogP contribution in [-0.2, 0) is 4.74 Å². The molecule has 0 heterocycles. The predicted octanol–water partition coefficient (Wildman–Crippen LogP) is 1.57. The molecule has 0 spiro atoms. The lowest BCUT2D eigenvalue weighted by Crippen LogP contribution is -2.25. The molecule has 2 nitrogen and oxygen atoms in total. The monoisotopic (exact) mass is 158 g/mol. The zero-order valence-corrected chi connectivity index (χ0v) is 7.25. The lowest BCUT2D eigenvalue weighted by molar-refractivity contribution is -0.0155. The van der Waals surface area contributed by atoms with Gasteiger partial charge in [-0.25, -0.2) is 0 Å². The zero-order valence-electron chi connectivity index (χ0n) is 7.25. The first-order valence-corrected chi connectivity index (χ1v) is 4.61. The zero-order chi connectivity index (χ0) is 8.10. The van der Waals surface area contributed by atoms with Crippen molar-refractivity contribution in [2.45, 2.75) is 38.7 Å². The van der Waals surface area contributed by atoms with E-state index in [-0.39, 0.29) is 12.7 Å². The van der Waals surface area contributed by atoms with Crippen LogP contribution in [0.15, 0.2) is 0 Å². The van der Waals surface area contributed by atoms with Gasteiger partial charge in [0.05, 0.1) is 12.7 Å². The highest BCUT2D eigenvalue weighted by Gasteiger charge is 2.24. The van der Waals surface area contributed by atoms with Gasteiger partial charge in [-0.05, 0) is 25.7 Å². The Bertz CT molecular complexity index is 97.7. The summed E-state index contributed by atoms with van der Waals surface area (Å²) in [5.74, 6) is 0.625. The van der Waals surface area contributed by atoms with Crippen molar-refractivity contribution in [3.05, 3.63) is 0 Å². The van der Waals surface area contributed by atoms with Crippen LogP contribution in [0, 0.1) is 5.92 Å². The van der Waals surface area contributed by atoms with E-state index in [1.54, 1.807) is 0 Å². The normalized spacial score (nSPS) is 22.4. The minimum Gasteiger partial charge on any atom is -0.394 e. The van der Waals surface area contributed by atoms with Crippen LogP contribution in [0.5, 0.6) is 0 Å². The maximum Gasteiger partial charge on any atom is 0.0833 e. The Morgan fingerprint density at radius 3 is 2.55 bits per heavy atom. The molecule has 1 fully saturated rings. The second kappa shape index (κ2) is 4.73. The van der Waals surface area contributed by atoms with E-state index in [9.17, 15) is 0 Å². The van der Waals surface area contributed by atoms with Gasteiger partial charge in [0.25, 0.3) is 0 Å². The van der Waals surface area contributed by atoms with Crippen LogP contribution in [-0.4, -0.2) is 24.4 Å². The maximum atomic E-state index is 8.99. The number of hydrogen-bond acceptors (Lipinski definition) is 2. The summed E-state index contributed by atoms with van der Waals surface area (Å²) in [6.45, 7) is 2.90. The van der Waals surface area contributed by atoms with E-state index in [0.29, 0.717) is 5.92 Å². The van der Waals surface area contributed by atoms with Crippen LogP contribution in [0.1, 0.15) is 32.6 Å². The fourth-order valence-corrected chi connectivity index (χ4v) is 1.88. The van der Waals surface area contributed by atoms with E-state index in [0.717, 1.165) is 6.61 Å². The second-order valence-electron chi connectivity index (χ2n) is 3.22. The fourth-order valence-electron chi connectivity index (χ4n) is 1.88. The van der Waals surface area contributed by atoms with Crippen LogP contribution in [0.2, 0.25) is 0 Å². The molecule has 0 amide bonds. The van der Waals surface area contributed by atoms with Crippen molar-refractivity contribution in [3.8, 4) is 0 Å². The Morgan fingerprint density at radius 2 is 2.09 bits per heavy atom. The van der Waals surface area contributed by atoms with Crippen molar-refractivity contribution in [2.24, 2.45) is 5.92 Å². The van der Waals surface area contributed by atoms with Gasteiger partial charge in [-0.15, -0.1) is 0 Å². The molecule has 0 bridgehead atoms. The molecule has 1 aliphatic rings. The average Bonchev–Trinajstić information content (AvgIpc) is 2.52. The molecule has 11 heavy (non-hydrogen) atoms. The van der Waals surface area contributed by atoms with E-state index in [1.165, 1.54) is 25.7 Å². The molecule has 0 radical (unpaired) electrons. The smallest absolute Gasteiger partial charge is 0.0833 e. The van der Waals surface area contributed by atoms with Gasteiger partial charge >= 0.3 is 0 Å². The summed E-state index contributed by atoms with van der Waals surface area (Å²) in [5, 5.41) is 8.99. The third-order valence-electron chi connectivity index (χ3n) is 2.49. The molecule has 1 saturated carbocycles. The van der Waals surface area contributed by atoms with Gasteiger partial charge in [0.2, 0.25) is 0 Å². The van der Waals surface area contributed by atoms with Crippen molar-refractivity contribution in [2.75, 3.05) is 13.2 Å². The van der Waals surface area contributed by atoms with Gasteiger partial charge in [0.15, 0.2) is 0 Å². The Balaban J connectivity index is 2.27. The second-order valence-corrected chi connectivity index (χ2v) is 3.22. The molecule has 2 heteroatoms. The van der Waals surface area contributed by atoms with Crippen LogP contribution in [0.3, 0.4) is 0 Å². The number of aliphatic hydroxyl groups is 1. The molecule has 1 unspecified atom stereocenters. The van der Waals surface area contributed by atoms with Crippen molar-refractivity contribution in [3.63, 3.8) is 0 Å². The summed E-state index contributed by atoms with van der Waals surface area (Å²) in [4.78, 5) is 0. The lowest BCUT2D eigenvalue weighted by atomic mass is 10.0. The van der Waals surface area contributed by atoms with Crippen LogP contribution in [0.25, 0.3) is 0 Å². The van der Waals surface area contributed by atoms with Gasteiger partial charge < -0.3 is 9.84 Å². The van der Waals surface area contributed by atoms with E-state index in [2.05, 4.69) is 0 Å². The molecule has 0 aromatic heterocycles. The molecular formula is C9H18O2. The first-order chi connectivity index (χ1) is 5.38. The summed E-state index contributed by atoms with van der Waals surface area (Å²) in [7, 11) is 0. The fraction of sp³-hybridized carbons (Fsp3) is 1.00. The minimum absolute atomic E-state index is 0.113. The number of aliphatic hydroxyl groups excluding tert-OH is 1. The largest absolute Gasteiger partial charge is 0.394 e. The summed E-state index contributed by atoms with van der Waals surface area (Å²) >= 11 is 0. The summed E-state index contributed by atoms with van der Waals surface area (Å²) in [6.07, 6.45) is 5.22. The third kappa shape index (κ3) is 2.46. The molecule has 0 aliphatic heterocycles. The summed E-state index contributed by atoms with van der Waals surface area (Å²) < 4.78 is 5.43. The quantitative estimate of drug-likeness (QED) is 0.673. The third-order valence-corrected chi connectivity index (χ3v) is 2.49. The van der Waals surface area contributed by atoms with Crippen molar-refractivity contribution in [1.29, 1.82) is 0 Å². The van der Waals surface area contributed by atoms with Gasteiger partial charge in [-0.1, -0.05) is 12.8 Å². The molecule has 1 rings (SSSR count). The van der Waals surface area contributed by atoms with E-state index in [1.807, 2.05) is 6.92 Å². The molecule has 66 valence electrons. The predicted molar refractivity (Wildman–Crippen MR) is 44.5 cm³/mol. The topological polar surface area (TPSA) is 29.5 Å². The summed E-state index contributed by atoms with van der Waals surface area (Å²) in [5.41, 5.74) is 0. The highest BCUT2D eigenvalue weighted by atomic mass is 16.5. The van der Waals surface area contributed by atoms with Gasteiger partial charge in [0.1, 0.15) is 0 Å². The van der Waals surface area contributed by atoms with E-state index >= 15 is 0 Å². The Morgan fingerprint density at radius 1 is 1.45 bits per heavy atom. The molecule has 1 N–H and O–H groups in total. The highest BCUT2D eigenvalue weighted by molar-refractivity contribution is 4.75. The van der Waals surface area contributed by atoms with Crippen molar-refractivity contribution < 1.29 is 9.84 Å². The van der Waals surface area contributed by atoms with Crippen LogP contribution >= 0.6 is 0 Å². The standard InChI is InChI=1S/C9H18O2/c1-2-11-9(7-10)8-5-3-4-6-8/h8-10H,2-7H2,1H3. The van der Waals surface area contributed by atoms with Crippen molar-refractivity contribution >= 4 is 0 Å². The molecule has 0 aromatic carbocycles. The number of rotatable bonds is 4. The average molecular weight is 158 g/mol. The number of hydrogen-bond donors (Lipinski definition) is 1. The molecule has 0 saturated heterocycles. The molecular weight excluding hydrogens is 140 g/mol. The molecule has 1 atom stereocenters. The first-order valence-electron chi connectivity index (χ1n) is 4.61. The molecule has 0 aromatic rings. The van der Waals surface area contributed by atoms with Gasteiger partial charge in [-0.3, -0.25) is 0 Å². The molecule has 1 aliphatic carbocycles. The SMILES string of the molecule is CCOC(CO)C1CCCC1. The van der Waals surface area contributed by atoms with Gasteiger partial charge in [0, 0.05) is 6.61 Å². The van der Waals surface area contributed by atoms with E-state index in [4.69, 9.17) is 9.84 Å². The van der Waals surface area contributed by atoms with E-state index < -0.39 is 0 Å². The number of ether oxygens (including phenoxy) is 1. The van der Waals surface area contributed by atoms with Crippen molar-refractivity contribution in [1.82, 2.24) is 0 Å². The van der Waals surface area contributed by atoms with Crippen LogP contribution < -0.4 is 0 Å². The summed E-state index contributed by atoms with van der Waals surface area (Å²) in [6, 6.07) is 0. The minimum atomic E-state index is 0.113. The van der Waals surface area contributed by atoms with Crippen LogP contribution in [0.4, 0.5) is 0 Å². The van der Waals surface area contributed by atoms with Gasteiger partial charge in [-0.2, -0.15) is 0 Å². The Kier molecular flexibility index (Phi) is 3.87.